The van der Waals surface area contributed by atoms with Crippen LogP contribution in [-0.2, 0) is 4.79 Å². The summed E-state index contributed by atoms with van der Waals surface area (Å²) in [7, 11) is 0. The van der Waals surface area contributed by atoms with Gasteiger partial charge in [0.05, 0.1) is 0 Å². The van der Waals surface area contributed by atoms with E-state index >= 15 is 0 Å². The number of thioether (sulfide) groups is 1. The molecular weight excluding hydrogens is 265 g/mol. The molecular formula is C9H14F5NOS. The van der Waals surface area contributed by atoms with E-state index in [1.807, 2.05) is 6.92 Å². The summed E-state index contributed by atoms with van der Waals surface area (Å²) in [6.07, 6.45) is -5.51. The molecule has 0 aromatic heterocycles. The quantitative estimate of drug-likeness (QED) is 0.598. The summed E-state index contributed by atoms with van der Waals surface area (Å²) in [5.41, 5.74) is 0. The second-order valence-electron chi connectivity index (χ2n) is 3.43. The third kappa shape index (κ3) is 5.10. The predicted octanol–water partition coefficient (Wildman–Crippen LogP) is 2.83. The van der Waals surface area contributed by atoms with E-state index in [-0.39, 0.29) is 0 Å². The lowest BCUT2D eigenvalue weighted by Crippen LogP contribution is -2.52. The minimum Gasteiger partial charge on any atom is -0.348 e. The van der Waals surface area contributed by atoms with Crippen LogP contribution in [0.15, 0.2) is 0 Å². The van der Waals surface area contributed by atoms with Gasteiger partial charge in [0.1, 0.15) is 0 Å². The van der Waals surface area contributed by atoms with Gasteiger partial charge in [-0.25, -0.2) is 0 Å². The molecule has 2 nitrogen and oxygen atoms in total. The standard InChI is InChI=1S/C9H14F5NOS/c1-3-17-5-4-6(2)15-7(16)8(10,11)9(12,13)14/h6H,3-5H2,1-2H3,(H,15,16). The van der Waals surface area contributed by atoms with Crippen molar-refractivity contribution in [1.82, 2.24) is 5.32 Å². The van der Waals surface area contributed by atoms with Crippen LogP contribution in [0.2, 0.25) is 0 Å². The number of hydrogen-bond donors (Lipinski definition) is 1. The average Bonchev–Trinajstić information content (AvgIpc) is 2.16. The van der Waals surface area contributed by atoms with Gasteiger partial charge >= 0.3 is 18.0 Å². The van der Waals surface area contributed by atoms with Crippen molar-refractivity contribution in [3.63, 3.8) is 0 Å². The summed E-state index contributed by atoms with van der Waals surface area (Å²) < 4.78 is 60.5. The molecule has 0 aromatic carbocycles. The van der Waals surface area contributed by atoms with Crippen molar-refractivity contribution < 1.29 is 26.7 Å². The lowest BCUT2D eigenvalue weighted by molar-refractivity contribution is -0.270. The molecule has 102 valence electrons. The van der Waals surface area contributed by atoms with Crippen molar-refractivity contribution in [2.45, 2.75) is 38.4 Å². The molecule has 0 fully saturated rings. The van der Waals surface area contributed by atoms with Crippen molar-refractivity contribution in [3.05, 3.63) is 0 Å². The number of carbonyl (C=O) groups is 1. The first kappa shape index (κ1) is 16.5. The fraction of sp³-hybridized carbons (Fsp3) is 0.889. The Hall–Kier alpha value is -0.530. The molecule has 1 N–H and O–H groups in total. The fourth-order valence-electron chi connectivity index (χ4n) is 0.920. The van der Waals surface area contributed by atoms with Crippen LogP contribution in [0, 0.1) is 0 Å². The number of carbonyl (C=O) groups excluding carboxylic acids is 1. The van der Waals surface area contributed by atoms with Gasteiger partial charge in [0, 0.05) is 6.04 Å². The van der Waals surface area contributed by atoms with Crippen LogP contribution in [0.4, 0.5) is 22.0 Å². The zero-order chi connectivity index (χ0) is 13.7. The van der Waals surface area contributed by atoms with E-state index in [1.54, 1.807) is 5.32 Å². The van der Waals surface area contributed by atoms with E-state index in [1.165, 1.54) is 18.7 Å². The Labute approximate surface area is 100 Å². The molecule has 17 heavy (non-hydrogen) atoms. The van der Waals surface area contributed by atoms with E-state index in [9.17, 15) is 26.7 Å². The molecule has 0 spiro atoms. The maximum atomic E-state index is 12.5. The van der Waals surface area contributed by atoms with Crippen molar-refractivity contribution in [2.24, 2.45) is 0 Å². The Balaban J connectivity index is 4.25. The van der Waals surface area contributed by atoms with E-state index in [0.29, 0.717) is 12.2 Å². The minimum absolute atomic E-state index is 0.345. The topological polar surface area (TPSA) is 29.1 Å². The Morgan fingerprint density at radius 1 is 1.29 bits per heavy atom. The molecule has 0 heterocycles. The number of rotatable bonds is 6. The Bertz CT molecular complexity index is 256. The zero-order valence-corrected chi connectivity index (χ0v) is 10.2. The Kier molecular flexibility index (Phi) is 6.22. The Morgan fingerprint density at radius 2 is 1.82 bits per heavy atom. The summed E-state index contributed by atoms with van der Waals surface area (Å²) >= 11 is 1.52. The van der Waals surface area contributed by atoms with Crippen LogP contribution >= 0.6 is 11.8 Å². The van der Waals surface area contributed by atoms with Gasteiger partial charge in [-0.05, 0) is 24.9 Å². The van der Waals surface area contributed by atoms with Crippen molar-refractivity contribution in [1.29, 1.82) is 0 Å². The van der Waals surface area contributed by atoms with Crippen LogP contribution in [0.25, 0.3) is 0 Å². The molecule has 0 rings (SSSR count). The smallest absolute Gasteiger partial charge is 0.348 e. The highest BCUT2D eigenvalue weighted by Gasteiger charge is 2.63. The largest absolute Gasteiger partial charge is 0.463 e. The molecule has 0 aromatic rings. The lowest BCUT2D eigenvalue weighted by atomic mass is 10.2. The van der Waals surface area contributed by atoms with Crippen LogP contribution in [-0.4, -0.2) is 35.6 Å². The van der Waals surface area contributed by atoms with Gasteiger partial charge in [0.25, 0.3) is 0 Å². The second kappa shape index (κ2) is 6.42. The molecule has 0 radical (unpaired) electrons. The number of amides is 1. The SMILES string of the molecule is CCSCCC(C)NC(=O)C(F)(F)C(F)(F)F. The monoisotopic (exact) mass is 279 g/mol. The van der Waals surface area contributed by atoms with Gasteiger partial charge in [-0.1, -0.05) is 6.92 Å². The van der Waals surface area contributed by atoms with E-state index in [0.717, 1.165) is 5.75 Å². The summed E-state index contributed by atoms with van der Waals surface area (Å²) in [4.78, 5) is 10.8. The average molecular weight is 279 g/mol. The lowest BCUT2D eigenvalue weighted by Gasteiger charge is -2.21. The molecule has 0 aliphatic rings. The van der Waals surface area contributed by atoms with E-state index < -0.39 is 24.0 Å². The first-order valence-electron chi connectivity index (χ1n) is 4.96. The minimum atomic E-state index is -5.85. The third-order valence-electron chi connectivity index (χ3n) is 1.92. The molecule has 0 bridgehead atoms. The molecule has 1 atom stereocenters. The number of halogens is 5. The molecule has 0 saturated heterocycles. The second-order valence-corrected chi connectivity index (χ2v) is 4.83. The van der Waals surface area contributed by atoms with Crippen LogP contribution in [0.3, 0.4) is 0 Å². The summed E-state index contributed by atoms with van der Waals surface area (Å²) in [6, 6.07) is -0.713. The highest BCUT2D eigenvalue weighted by atomic mass is 32.2. The zero-order valence-electron chi connectivity index (χ0n) is 9.40. The van der Waals surface area contributed by atoms with Crippen molar-refractivity contribution in [3.8, 4) is 0 Å². The van der Waals surface area contributed by atoms with Crippen LogP contribution in [0.1, 0.15) is 20.3 Å². The van der Waals surface area contributed by atoms with E-state index in [4.69, 9.17) is 0 Å². The highest BCUT2D eigenvalue weighted by Crippen LogP contribution is 2.35. The molecule has 0 aliphatic heterocycles. The van der Waals surface area contributed by atoms with Crippen LogP contribution < -0.4 is 5.32 Å². The fourth-order valence-corrected chi connectivity index (χ4v) is 1.73. The molecule has 1 amide bonds. The van der Waals surface area contributed by atoms with Gasteiger partial charge in [-0.2, -0.15) is 33.7 Å². The first-order valence-corrected chi connectivity index (χ1v) is 6.11. The van der Waals surface area contributed by atoms with Gasteiger partial charge < -0.3 is 5.32 Å². The normalized spacial score (nSPS) is 14.5. The molecule has 0 saturated carbocycles. The molecule has 1 unspecified atom stereocenters. The molecule has 8 heteroatoms. The summed E-state index contributed by atoms with van der Waals surface area (Å²) in [5, 5.41) is 1.66. The maximum absolute atomic E-state index is 12.5. The summed E-state index contributed by atoms with van der Waals surface area (Å²) in [6.45, 7) is 3.28. The van der Waals surface area contributed by atoms with Gasteiger partial charge in [0.15, 0.2) is 0 Å². The first-order chi connectivity index (χ1) is 7.63. The van der Waals surface area contributed by atoms with E-state index in [2.05, 4.69) is 0 Å². The van der Waals surface area contributed by atoms with Crippen molar-refractivity contribution in [2.75, 3.05) is 11.5 Å². The van der Waals surface area contributed by atoms with Crippen molar-refractivity contribution >= 4 is 17.7 Å². The third-order valence-corrected chi connectivity index (χ3v) is 2.85. The number of alkyl halides is 5. The highest BCUT2D eigenvalue weighted by molar-refractivity contribution is 7.99. The summed E-state index contributed by atoms with van der Waals surface area (Å²) in [5.74, 6) is -6.22. The van der Waals surface area contributed by atoms with Crippen LogP contribution in [0.5, 0.6) is 0 Å². The molecule has 0 aliphatic carbocycles. The number of nitrogens with one attached hydrogen (secondary N) is 1. The predicted molar refractivity (Wildman–Crippen MR) is 56.2 cm³/mol. The maximum Gasteiger partial charge on any atom is 0.463 e. The number of hydrogen-bond acceptors (Lipinski definition) is 2. The van der Waals surface area contributed by atoms with Gasteiger partial charge in [-0.3, -0.25) is 4.79 Å². The van der Waals surface area contributed by atoms with Gasteiger partial charge in [-0.15, -0.1) is 0 Å². The Morgan fingerprint density at radius 3 is 2.24 bits per heavy atom. The van der Waals surface area contributed by atoms with Gasteiger partial charge in [0.2, 0.25) is 0 Å².